The topological polar surface area (TPSA) is 37.3 Å². The van der Waals surface area contributed by atoms with Gasteiger partial charge < -0.3 is 5.11 Å². The summed E-state index contributed by atoms with van der Waals surface area (Å²) in [6, 6.07) is 5.56. The first-order valence-electron chi connectivity index (χ1n) is 5.40. The Balaban J connectivity index is 2.84. The molecule has 5 heteroatoms. The lowest BCUT2D eigenvalue weighted by Crippen LogP contribution is -2.05. The van der Waals surface area contributed by atoms with Crippen LogP contribution in [0.3, 0.4) is 0 Å². The molecule has 0 saturated carbocycles. The molecule has 0 spiro atoms. The lowest BCUT2D eigenvalue weighted by Gasteiger charge is -2.10. The quantitative estimate of drug-likeness (QED) is 0.898. The highest BCUT2D eigenvalue weighted by molar-refractivity contribution is 5.96. The largest absolute Gasteiger partial charge is 0.478 e. The molecule has 0 amide bonds. The van der Waals surface area contributed by atoms with Crippen molar-refractivity contribution >= 4 is 5.97 Å². The molecule has 0 fully saturated rings. The van der Waals surface area contributed by atoms with Crippen LogP contribution in [0.5, 0.6) is 0 Å². The summed E-state index contributed by atoms with van der Waals surface area (Å²) in [5, 5.41) is 8.97. The van der Waals surface area contributed by atoms with E-state index in [1.807, 2.05) is 0 Å². The van der Waals surface area contributed by atoms with Gasteiger partial charge in [0.15, 0.2) is 0 Å². The number of carboxylic acids is 1. The Bertz CT molecular complexity index is 666. The van der Waals surface area contributed by atoms with Gasteiger partial charge in [-0.3, -0.25) is 0 Å². The average Bonchev–Trinajstić information content (AvgIpc) is 2.34. The van der Waals surface area contributed by atoms with Crippen LogP contribution in [-0.4, -0.2) is 11.1 Å². The third-order valence-corrected chi connectivity index (χ3v) is 2.78. The zero-order chi connectivity index (χ0) is 14.2. The summed E-state index contributed by atoms with van der Waals surface area (Å²) in [6.45, 7) is 1.41. The molecule has 2 aromatic rings. The van der Waals surface area contributed by atoms with Gasteiger partial charge in [-0.2, -0.15) is 0 Å². The normalized spacial score (nSPS) is 10.5. The highest BCUT2D eigenvalue weighted by Crippen LogP contribution is 2.31. The summed E-state index contributed by atoms with van der Waals surface area (Å²) in [7, 11) is 0. The molecule has 0 atom stereocenters. The highest BCUT2D eigenvalue weighted by Gasteiger charge is 2.22. The van der Waals surface area contributed by atoms with Crippen molar-refractivity contribution in [3.8, 4) is 11.1 Å². The fraction of sp³-hybridized carbons (Fsp3) is 0.0714. The maximum Gasteiger partial charge on any atom is 0.339 e. The Kier molecular flexibility index (Phi) is 3.29. The second-order valence-corrected chi connectivity index (χ2v) is 4.02. The van der Waals surface area contributed by atoms with Gasteiger partial charge in [0, 0.05) is 5.56 Å². The molecule has 0 aliphatic carbocycles. The van der Waals surface area contributed by atoms with E-state index in [0.29, 0.717) is 0 Å². The fourth-order valence-electron chi connectivity index (χ4n) is 1.85. The summed E-state index contributed by atoms with van der Waals surface area (Å²) in [5.41, 5.74) is -1.44. The molecule has 19 heavy (non-hydrogen) atoms. The van der Waals surface area contributed by atoms with Crippen LogP contribution in [0.4, 0.5) is 13.2 Å². The van der Waals surface area contributed by atoms with Crippen molar-refractivity contribution in [3.63, 3.8) is 0 Å². The minimum absolute atomic E-state index is 0.150. The summed E-state index contributed by atoms with van der Waals surface area (Å²) >= 11 is 0. The van der Waals surface area contributed by atoms with Crippen LogP contribution in [0.2, 0.25) is 0 Å². The lowest BCUT2D eigenvalue weighted by atomic mass is 9.96. The second-order valence-electron chi connectivity index (χ2n) is 4.02. The summed E-state index contributed by atoms with van der Waals surface area (Å²) in [4.78, 5) is 11.0. The first-order valence-corrected chi connectivity index (χ1v) is 5.40. The number of carboxylic acid groups (broad SMARTS) is 1. The van der Waals surface area contributed by atoms with Crippen LogP contribution in [0.15, 0.2) is 30.3 Å². The minimum atomic E-state index is -1.58. The molecule has 0 radical (unpaired) electrons. The van der Waals surface area contributed by atoms with Gasteiger partial charge in [-0.25, -0.2) is 18.0 Å². The van der Waals surface area contributed by atoms with Gasteiger partial charge >= 0.3 is 5.97 Å². The molecule has 98 valence electrons. The fourth-order valence-corrected chi connectivity index (χ4v) is 1.85. The Morgan fingerprint density at radius 3 is 2.37 bits per heavy atom. The number of hydrogen-bond donors (Lipinski definition) is 1. The van der Waals surface area contributed by atoms with Crippen molar-refractivity contribution in [3.05, 3.63) is 58.9 Å². The number of aryl methyl sites for hydroxylation is 1. The van der Waals surface area contributed by atoms with E-state index in [-0.39, 0.29) is 11.1 Å². The number of aromatic carboxylic acids is 1. The second kappa shape index (κ2) is 4.76. The van der Waals surface area contributed by atoms with Crippen molar-refractivity contribution in [1.29, 1.82) is 0 Å². The zero-order valence-corrected chi connectivity index (χ0v) is 9.88. The highest BCUT2D eigenvalue weighted by atomic mass is 19.1. The van der Waals surface area contributed by atoms with E-state index in [2.05, 4.69) is 0 Å². The molecular formula is C14H9F3O2. The van der Waals surface area contributed by atoms with E-state index in [1.54, 1.807) is 0 Å². The van der Waals surface area contributed by atoms with E-state index in [4.69, 9.17) is 5.11 Å². The van der Waals surface area contributed by atoms with Crippen molar-refractivity contribution in [2.45, 2.75) is 6.92 Å². The molecule has 0 aromatic heterocycles. The predicted octanol–water partition coefficient (Wildman–Crippen LogP) is 3.78. The molecule has 1 N–H and O–H groups in total. The van der Waals surface area contributed by atoms with Gasteiger partial charge in [0.25, 0.3) is 0 Å². The third-order valence-electron chi connectivity index (χ3n) is 2.78. The summed E-state index contributed by atoms with van der Waals surface area (Å²) in [5.74, 6) is -4.44. The maximum atomic E-state index is 14.0. The molecule has 0 heterocycles. The molecule has 2 aromatic carbocycles. The van der Waals surface area contributed by atoms with Gasteiger partial charge in [0.2, 0.25) is 0 Å². The van der Waals surface area contributed by atoms with E-state index < -0.39 is 34.5 Å². The Morgan fingerprint density at radius 2 is 1.74 bits per heavy atom. The standard InChI is InChI=1S/C14H9F3O2/c1-7-5-6-10(16)11(13(7)17)8-3-2-4-9(15)12(8)14(18)19/h2-6H,1H3,(H,18,19). The SMILES string of the molecule is Cc1ccc(F)c(-c2cccc(F)c2C(=O)O)c1F. The maximum absolute atomic E-state index is 14.0. The number of benzene rings is 2. The molecule has 0 bridgehead atoms. The molecule has 2 rings (SSSR count). The Labute approximate surface area is 107 Å². The van der Waals surface area contributed by atoms with Crippen molar-refractivity contribution in [1.82, 2.24) is 0 Å². The summed E-state index contributed by atoms with van der Waals surface area (Å²) < 4.78 is 41.2. The Hall–Kier alpha value is -2.30. The number of hydrogen-bond acceptors (Lipinski definition) is 1. The van der Waals surface area contributed by atoms with Gasteiger partial charge in [0.1, 0.15) is 23.0 Å². The van der Waals surface area contributed by atoms with Gasteiger partial charge in [-0.1, -0.05) is 18.2 Å². The van der Waals surface area contributed by atoms with Crippen LogP contribution >= 0.6 is 0 Å². The van der Waals surface area contributed by atoms with E-state index in [0.717, 1.165) is 12.1 Å². The summed E-state index contributed by atoms with van der Waals surface area (Å²) in [6.07, 6.45) is 0. The van der Waals surface area contributed by atoms with E-state index in [1.165, 1.54) is 25.1 Å². The lowest BCUT2D eigenvalue weighted by molar-refractivity contribution is 0.0693. The van der Waals surface area contributed by atoms with Crippen LogP contribution in [0.1, 0.15) is 15.9 Å². The van der Waals surface area contributed by atoms with Crippen molar-refractivity contribution in [2.75, 3.05) is 0 Å². The minimum Gasteiger partial charge on any atom is -0.478 e. The van der Waals surface area contributed by atoms with E-state index in [9.17, 15) is 18.0 Å². The Morgan fingerprint density at radius 1 is 1.05 bits per heavy atom. The molecule has 2 nitrogen and oxygen atoms in total. The molecular weight excluding hydrogens is 257 g/mol. The third kappa shape index (κ3) is 2.19. The average molecular weight is 266 g/mol. The first-order chi connectivity index (χ1) is 8.93. The van der Waals surface area contributed by atoms with Gasteiger partial charge in [-0.05, 0) is 24.6 Å². The van der Waals surface area contributed by atoms with E-state index >= 15 is 0 Å². The van der Waals surface area contributed by atoms with Crippen LogP contribution < -0.4 is 0 Å². The van der Waals surface area contributed by atoms with Crippen LogP contribution in [0.25, 0.3) is 11.1 Å². The predicted molar refractivity (Wildman–Crippen MR) is 63.4 cm³/mol. The van der Waals surface area contributed by atoms with Crippen LogP contribution in [0, 0.1) is 24.4 Å². The number of halogens is 3. The molecule has 0 saturated heterocycles. The molecule has 0 aliphatic rings. The first kappa shape index (κ1) is 13.1. The molecule has 0 unspecified atom stereocenters. The zero-order valence-electron chi connectivity index (χ0n) is 9.88. The van der Waals surface area contributed by atoms with Crippen molar-refractivity contribution in [2.24, 2.45) is 0 Å². The number of rotatable bonds is 2. The smallest absolute Gasteiger partial charge is 0.339 e. The van der Waals surface area contributed by atoms with Gasteiger partial charge in [-0.15, -0.1) is 0 Å². The van der Waals surface area contributed by atoms with Gasteiger partial charge in [0.05, 0.1) is 5.56 Å². The van der Waals surface area contributed by atoms with Crippen molar-refractivity contribution < 1.29 is 23.1 Å². The van der Waals surface area contributed by atoms with Crippen LogP contribution in [-0.2, 0) is 0 Å². The number of carbonyl (C=O) groups is 1. The molecule has 0 aliphatic heterocycles. The monoisotopic (exact) mass is 266 g/mol.